The van der Waals surface area contributed by atoms with Crippen molar-refractivity contribution < 1.29 is 14.6 Å². The van der Waals surface area contributed by atoms with Gasteiger partial charge in [-0.1, -0.05) is 36.8 Å². The normalized spacial score (nSPS) is 16.4. The maximum Gasteiger partial charge on any atom is 0.120 e. The molecule has 25 heavy (non-hydrogen) atoms. The second kappa shape index (κ2) is 9.44. The number of aliphatic hydroxyl groups is 1. The number of β-amino-alcohol motifs (C(OH)–C–C–N with tert-alkyl or cyclic N) is 1. The van der Waals surface area contributed by atoms with Crippen LogP contribution in [0.2, 0.25) is 0 Å². The summed E-state index contributed by atoms with van der Waals surface area (Å²) in [5.41, 5.74) is 1.14. The van der Waals surface area contributed by atoms with E-state index in [9.17, 15) is 5.11 Å². The highest BCUT2D eigenvalue weighted by Gasteiger charge is 2.15. The Labute approximate surface area is 150 Å². The molecular weight excluding hydrogens is 314 g/mol. The predicted octanol–water partition coefficient (Wildman–Crippen LogP) is 3.49. The van der Waals surface area contributed by atoms with Gasteiger partial charge in [0.2, 0.25) is 0 Å². The van der Waals surface area contributed by atoms with Crippen molar-refractivity contribution in [2.24, 2.45) is 0 Å². The fourth-order valence-electron chi connectivity index (χ4n) is 3.06. The van der Waals surface area contributed by atoms with Crippen LogP contribution in [0, 0.1) is 0 Å². The molecule has 1 atom stereocenters. The van der Waals surface area contributed by atoms with Crippen LogP contribution in [0.25, 0.3) is 0 Å². The molecule has 1 N–H and O–H groups in total. The fourth-order valence-corrected chi connectivity index (χ4v) is 3.06. The van der Waals surface area contributed by atoms with Gasteiger partial charge in [0.15, 0.2) is 0 Å². The third-order valence-electron chi connectivity index (χ3n) is 4.43. The first-order valence-electron chi connectivity index (χ1n) is 9.09. The Hall–Kier alpha value is -2.04. The Morgan fingerprint density at radius 3 is 2.16 bits per heavy atom. The lowest BCUT2D eigenvalue weighted by atomic mass is 10.1. The average molecular weight is 341 g/mol. The molecule has 4 heteroatoms. The number of nitrogens with zero attached hydrogens (tertiary/aromatic N) is 1. The molecule has 0 saturated carbocycles. The highest BCUT2D eigenvalue weighted by Crippen LogP contribution is 2.19. The first-order chi connectivity index (χ1) is 12.3. The molecule has 4 nitrogen and oxygen atoms in total. The lowest BCUT2D eigenvalue weighted by Crippen LogP contribution is -2.38. The molecule has 1 fully saturated rings. The summed E-state index contributed by atoms with van der Waals surface area (Å²) < 4.78 is 11.5. The first kappa shape index (κ1) is 17.8. The van der Waals surface area contributed by atoms with E-state index in [1.54, 1.807) is 0 Å². The van der Waals surface area contributed by atoms with Crippen molar-refractivity contribution in [2.75, 3.05) is 26.2 Å². The smallest absolute Gasteiger partial charge is 0.120 e. The number of hydrogen-bond acceptors (Lipinski definition) is 4. The van der Waals surface area contributed by atoms with Gasteiger partial charge in [0.1, 0.15) is 30.8 Å². The Morgan fingerprint density at radius 1 is 0.840 bits per heavy atom. The van der Waals surface area contributed by atoms with Gasteiger partial charge in [-0.25, -0.2) is 0 Å². The molecule has 0 aromatic heterocycles. The minimum Gasteiger partial charge on any atom is -0.491 e. The molecule has 0 radical (unpaired) electrons. The molecule has 2 aromatic rings. The third kappa shape index (κ3) is 6.07. The summed E-state index contributed by atoms with van der Waals surface area (Å²) in [5.74, 6) is 1.56. The van der Waals surface area contributed by atoms with Crippen molar-refractivity contribution in [2.45, 2.75) is 32.0 Å². The molecule has 0 unspecified atom stereocenters. The predicted molar refractivity (Wildman–Crippen MR) is 99.0 cm³/mol. The summed E-state index contributed by atoms with van der Waals surface area (Å²) in [4.78, 5) is 2.32. The van der Waals surface area contributed by atoms with E-state index in [-0.39, 0.29) is 0 Å². The lowest BCUT2D eigenvalue weighted by Gasteiger charge is -2.28. The molecule has 0 aliphatic carbocycles. The number of rotatable bonds is 8. The van der Waals surface area contributed by atoms with E-state index in [2.05, 4.69) is 4.90 Å². The van der Waals surface area contributed by atoms with Crippen LogP contribution in [0.5, 0.6) is 11.5 Å². The summed E-state index contributed by atoms with van der Waals surface area (Å²) in [7, 11) is 0. The van der Waals surface area contributed by atoms with Gasteiger partial charge < -0.3 is 19.5 Å². The summed E-state index contributed by atoms with van der Waals surface area (Å²) in [6.45, 7) is 3.74. The largest absolute Gasteiger partial charge is 0.491 e. The van der Waals surface area contributed by atoms with Crippen LogP contribution < -0.4 is 9.47 Å². The van der Waals surface area contributed by atoms with Crippen molar-refractivity contribution in [3.63, 3.8) is 0 Å². The molecule has 1 saturated heterocycles. The second-order valence-electron chi connectivity index (χ2n) is 6.57. The first-order valence-corrected chi connectivity index (χ1v) is 9.09. The van der Waals surface area contributed by atoms with E-state index in [1.807, 2.05) is 54.6 Å². The monoisotopic (exact) mass is 341 g/mol. The van der Waals surface area contributed by atoms with Gasteiger partial charge in [-0.3, -0.25) is 0 Å². The van der Waals surface area contributed by atoms with Crippen LogP contribution in [0.4, 0.5) is 0 Å². The van der Waals surface area contributed by atoms with Crippen LogP contribution in [-0.4, -0.2) is 42.4 Å². The number of hydrogen-bond donors (Lipinski definition) is 1. The van der Waals surface area contributed by atoms with Crippen molar-refractivity contribution in [3.8, 4) is 11.5 Å². The summed E-state index contributed by atoms with van der Waals surface area (Å²) >= 11 is 0. The Kier molecular flexibility index (Phi) is 6.71. The molecule has 2 aromatic carbocycles. The zero-order valence-electron chi connectivity index (χ0n) is 14.6. The molecule has 0 spiro atoms. The van der Waals surface area contributed by atoms with Crippen LogP contribution in [0.3, 0.4) is 0 Å². The van der Waals surface area contributed by atoms with E-state index < -0.39 is 6.10 Å². The van der Waals surface area contributed by atoms with Crippen molar-refractivity contribution in [1.82, 2.24) is 4.90 Å². The Balaban J connectivity index is 1.39. The van der Waals surface area contributed by atoms with Gasteiger partial charge in [0.05, 0.1) is 0 Å². The maximum absolute atomic E-state index is 10.1. The quantitative estimate of drug-likeness (QED) is 0.798. The van der Waals surface area contributed by atoms with E-state index in [4.69, 9.17) is 9.47 Å². The minimum absolute atomic E-state index is 0.320. The molecule has 0 amide bonds. The van der Waals surface area contributed by atoms with Gasteiger partial charge in [-0.2, -0.15) is 0 Å². The molecular formula is C21H27NO3. The average Bonchev–Trinajstić information content (AvgIpc) is 2.67. The van der Waals surface area contributed by atoms with Crippen molar-refractivity contribution in [3.05, 3.63) is 60.2 Å². The van der Waals surface area contributed by atoms with Gasteiger partial charge in [0.25, 0.3) is 0 Å². The van der Waals surface area contributed by atoms with E-state index in [0.717, 1.165) is 30.2 Å². The summed E-state index contributed by atoms with van der Waals surface area (Å²) in [6, 6.07) is 17.7. The maximum atomic E-state index is 10.1. The standard InChI is InChI=1S/C21H27NO3/c23-19(15-22-13-5-2-6-14-22)17-25-21-11-9-20(10-12-21)24-16-18-7-3-1-4-8-18/h1,3-4,7-12,19,23H,2,5-6,13-17H2/t19-/m1/s1. The van der Waals surface area contributed by atoms with Gasteiger partial charge in [-0.15, -0.1) is 0 Å². The number of ether oxygens (including phenoxy) is 2. The van der Waals surface area contributed by atoms with Crippen LogP contribution in [-0.2, 0) is 6.61 Å². The number of aliphatic hydroxyl groups excluding tert-OH is 1. The van der Waals surface area contributed by atoms with Crippen LogP contribution in [0.1, 0.15) is 24.8 Å². The van der Waals surface area contributed by atoms with Gasteiger partial charge in [-0.05, 0) is 55.8 Å². The van der Waals surface area contributed by atoms with E-state index in [0.29, 0.717) is 19.8 Å². The van der Waals surface area contributed by atoms with Gasteiger partial charge in [0, 0.05) is 6.54 Å². The molecule has 134 valence electrons. The molecule has 1 aliphatic heterocycles. The topological polar surface area (TPSA) is 41.9 Å². The van der Waals surface area contributed by atoms with Crippen LogP contribution in [0.15, 0.2) is 54.6 Å². The third-order valence-corrected chi connectivity index (χ3v) is 4.43. The summed E-state index contributed by atoms with van der Waals surface area (Å²) in [5, 5.41) is 10.1. The molecule has 1 aliphatic rings. The fraction of sp³-hybridized carbons (Fsp3) is 0.429. The molecule has 0 bridgehead atoms. The Bertz CT molecular complexity index is 609. The lowest BCUT2D eigenvalue weighted by molar-refractivity contribution is 0.0617. The van der Waals surface area contributed by atoms with E-state index in [1.165, 1.54) is 19.3 Å². The highest BCUT2D eigenvalue weighted by molar-refractivity contribution is 5.31. The van der Waals surface area contributed by atoms with Gasteiger partial charge >= 0.3 is 0 Å². The SMILES string of the molecule is O[C@@H](COc1ccc(OCc2ccccc2)cc1)CN1CCCCC1. The highest BCUT2D eigenvalue weighted by atomic mass is 16.5. The number of likely N-dealkylation sites (tertiary alicyclic amines) is 1. The van der Waals surface area contributed by atoms with Crippen molar-refractivity contribution in [1.29, 1.82) is 0 Å². The zero-order chi connectivity index (χ0) is 17.3. The minimum atomic E-state index is -0.452. The zero-order valence-corrected chi connectivity index (χ0v) is 14.6. The number of piperidine rings is 1. The molecule has 3 rings (SSSR count). The second-order valence-corrected chi connectivity index (χ2v) is 6.57. The molecule has 1 heterocycles. The Morgan fingerprint density at radius 2 is 1.48 bits per heavy atom. The van der Waals surface area contributed by atoms with E-state index >= 15 is 0 Å². The number of benzene rings is 2. The van der Waals surface area contributed by atoms with Crippen molar-refractivity contribution >= 4 is 0 Å². The summed E-state index contributed by atoms with van der Waals surface area (Å²) in [6.07, 6.45) is 3.32. The van der Waals surface area contributed by atoms with Crippen LogP contribution >= 0.6 is 0 Å².